The molecule has 13 nitrogen and oxygen atoms in total. The first-order chi connectivity index (χ1) is 15.9. The highest BCUT2D eigenvalue weighted by Gasteiger charge is 2.56. The zero-order chi connectivity index (χ0) is 25.5. The van der Waals surface area contributed by atoms with E-state index in [0.29, 0.717) is 5.56 Å². The summed E-state index contributed by atoms with van der Waals surface area (Å²) in [7, 11) is 0. The fourth-order valence-corrected chi connectivity index (χ4v) is 2.56. The van der Waals surface area contributed by atoms with Crippen molar-refractivity contribution in [2.24, 2.45) is 0 Å². The highest BCUT2D eigenvalue weighted by molar-refractivity contribution is 6.67. The van der Waals surface area contributed by atoms with Crippen molar-refractivity contribution in [3.05, 3.63) is 35.9 Å². The Balaban J connectivity index is 1.95. The predicted molar refractivity (Wildman–Crippen MR) is 111 cm³/mol. The molecule has 1 aliphatic rings. The maximum absolute atomic E-state index is 12.2. The van der Waals surface area contributed by atoms with Crippen molar-refractivity contribution >= 4 is 70.8 Å². The van der Waals surface area contributed by atoms with E-state index in [4.69, 9.17) is 49.4 Å². The molecule has 34 heavy (non-hydrogen) atoms. The molecule has 1 heterocycles. The lowest BCUT2D eigenvalue weighted by Crippen LogP contribution is -2.74. The van der Waals surface area contributed by atoms with E-state index in [-0.39, 0.29) is 11.5 Å². The van der Waals surface area contributed by atoms with E-state index < -0.39 is 65.3 Å². The summed E-state index contributed by atoms with van der Waals surface area (Å²) < 4.78 is 16.6. The molecule has 2 N–H and O–H groups in total. The van der Waals surface area contributed by atoms with Crippen LogP contribution in [0.5, 0.6) is 0 Å². The van der Waals surface area contributed by atoms with Crippen LogP contribution in [0.2, 0.25) is 0 Å². The third-order valence-electron chi connectivity index (χ3n) is 3.84. The second kappa shape index (κ2) is 11.7. The topological polar surface area (TPSA) is 175 Å². The van der Waals surface area contributed by atoms with Crippen molar-refractivity contribution in [3.8, 4) is 0 Å². The number of carboxylic acids is 1. The molecule has 0 radical (unpaired) electrons. The second-order valence-electron chi connectivity index (χ2n) is 6.33. The number of carbonyl (C=O) groups excluding carboxylic acids is 5. The number of nitrogens with one attached hydrogen (secondary N) is 1. The van der Waals surface area contributed by atoms with Crippen molar-refractivity contribution in [2.75, 3.05) is 13.2 Å². The van der Waals surface area contributed by atoms with Crippen molar-refractivity contribution in [1.29, 1.82) is 0 Å². The summed E-state index contributed by atoms with van der Waals surface area (Å²) in [6.45, 7) is -1.94. The summed E-state index contributed by atoms with van der Waals surface area (Å²) in [5, 5.41) is 10.9. The molecule has 0 aliphatic carbocycles. The Morgan fingerprint density at radius 1 is 1.03 bits per heavy atom. The summed E-state index contributed by atoms with van der Waals surface area (Å²) in [5.41, 5.74) is 0.627. The number of carboxylic acid groups (broad SMARTS) is 1. The summed E-state index contributed by atoms with van der Waals surface area (Å²) in [6, 6.07) is 6.83. The van der Waals surface area contributed by atoms with Crippen molar-refractivity contribution in [2.45, 2.75) is 22.7 Å². The molecule has 16 heteroatoms. The van der Waals surface area contributed by atoms with Gasteiger partial charge in [0.15, 0.2) is 12.6 Å². The smallest absolute Gasteiger partial charge is 0.474 e. The standard InChI is InChI=1S/C18H15Cl3N2O11/c19-18(20,21)8-33-17(30)32-7-10(24)34-14-11(12(25)23(14)13(26)15(27)28)22-16(29)31-6-9-4-2-1-3-5-9/h1-5,11,14H,6-8H2,(H,22,29)(H,27,28)/t11-,14-/m1/s1. The van der Waals surface area contributed by atoms with Crippen LogP contribution < -0.4 is 5.32 Å². The van der Waals surface area contributed by atoms with Crippen LogP contribution in [0.4, 0.5) is 9.59 Å². The minimum absolute atomic E-state index is 0.0868. The average Bonchev–Trinajstić information content (AvgIpc) is 2.78. The van der Waals surface area contributed by atoms with Crippen LogP contribution in [0.1, 0.15) is 5.56 Å². The molecule has 0 unspecified atom stereocenters. The number of alkyl carbamates (subject to hydrolysis) is 1. The molecule has 1 saturated heterocycles. The number of ether oxygens (including phenoxy) is 4. The minimum atomic E-state index is -2.02. The van der Waals surface area contributed by atoms with Crippen LogP contribution in [0.3, 0.4) is 0 Å². The minimum Gasteiger partial charge on any atom is -0.474 e. The maximum Gasteiger partial charge on any atom is 0.508 e. The molecule has 0 bridgehead atoms. The van der Waals surface area contributed by atoms with E-state index >= 15 is 0 Å². The lowest BCUT2D eigenvalue weighted by Gasteiger charge is -2.42. The SMILES string of the molecule is O=C(COC(=O)OCC(Cl)(Cl)Cl)O[C@@H]1[C@H](NC(=O)OCc2ccccc2)C(=O)N1C(=O)C(=O)O. The molecule has 0 aromatic heterocycles. The van der Waals surface area contributed by atoms with E-state index in [2.05, 4.69) is 14.8 Å². The first-order valence-electron chi connectivity index (χ1n) is 9.02. The number of β-lactam (4-membered cyclic amide) rings is 1. The molecular weight excluding hydrogens is 527 g/mol. The van der Waals surface area contributed by atoms with E-state index in [1.165, 1.54) is 0 Å². The quantitative estimate of drug-likeness (QED) is 0.166. The highest BCUT2D eigenvalue weighted by atomic mass is 35.6. The predicted octanol–water partition coefficient (Wildman–Crippen LogP) is 1.13. The number of benzene rings is 1. The molecule has 1 aliphatic heterocycles. The zero-order valence-corrected chi connectivity index (χ0v) is 19.0. The van der Waals surface area contributed by atoms with E-state index in [9.17, 15) is 28.8 Å². The second-order valence-corrected chi connectivity index (χ2v) is 8.84. The van der Waals surface area contributed by atoms with Crippen LogP contribution in [0.15, 0.2) is 30.3 Å². The number of imide groups is 1. The van der Waals surface area contributed by atoms with Gasteiger partial charge in [0.2, 0.25) is 10.0 Å². The highest BCUT2D eigenvalue weighted by Crippen LogP contribution is 2.26. The van der Waals surface area contributed by atoms with Crippen molar-refractivity contribution in [1.82, 2.24) is 10.2 Å². The number of carbonyl (C=O) groups is 6. The number of rotatable bonds is 7. The van der Waals surface area contributed by atoms with Gasteiger partial charge >= 0.3 is 30.1 Å². The van der Waals surface area contributed by atoms with Gasteiger partial charge in [0.1, 0.15) is 13.2 Å². The van der Waals surface area contributed by atoms with Gasteiger partial charge in [-0.1, -0.05) is 65.1 Å². The molecular formula is C18H15Cl3N2O11. The van der Waals surface area contributed by atoms with Gasteiger partial charge in [0, 0.05) is 0 Å². The van der Waals surface area contributed by atoms with Gasteiger partial charge < -0.3 is 29.4 Å². The van der Waals surface area contributed by atoms with Gasteiger partial charge in [-0.2, -0.15) is 0 Å². The number of nitrogens with zero attached hydrogens (tertiary/aromatic N) is 1. The molecule has 0 saturated carbocycles. The van der Waals surface area contributed by atoms with E-state index in [0.717, 1.165) is 0 Å². The Labute approximate surface area is 205 Å². The third-order valence-corrected chi connectivity index (χ3v) is 4.17. The number of aliphatic carboxylic acids is 1. The van der Waals surface area contributed by atoms with Gasteiger partial charge in [-0.05, 0) is 5.56 Å². The number of amides is 3. The van der Waals surface area contributed by atoms with Crippen LogP contribution in [-0.4, -0.2) is 75.3 Å². The number of halogens is 3. The van der Waals surface area contributed by atoms with Crippen LogP contribution in [0.25, 0.3) is 0 Å². The molecule has 1 fully saturated rings. The molecule has 2 rings (SSSR count). The fraction of sp³-hybridized carbons (Fsp3) is 0.333. The third kappa shape index (κ3) is 7.93. The number of esters is 1. The summed E-state index contributed by atoms with van der Waals surface area (Å²) in [4.78, 5) is 70.3. The first-order valence-corrected chi connectivity index (χ1v) is 10.2. The summed E-state index contributed by atoms with van der Waals surface area (Å²) in [6.07, 6.45) is -4.38. The van der Waals surface area contributed by atoms with Gasteiger partial charge in [-0.15, -0.1) is 0 Å². The van der Waals surface area contributed by atoms with Gasteiger partial charge in [0.05, 0.1) is 0 Å². The van der Waals surface area contributed by atoms with Gasteiger partial charge in [-0.3, -0.25) is 9.59 Å². The molecule has 0 spiro atoms. The number of likely N-dealkylation sites (tertiary alicyclic amines) is 1. The van der Waals surface area contributed by atoms with Gasteiger partial charge in [-0.25, -0.2) is 24.1 Å². The van der Waals surface area contributed by atoms with Crippen molar-refractivity contribution < 1.29 is 52.8 Å². The Kier molecular flexibility index (Phi) is 9.29. The van der Waals surface area contributed by atoms with E-state index in [1.807, 2.05) is 0 Å². The summed E-state index contributed by atoms with van der Waals surface area (Å²) in [5.74, 6) is -6.24. The monoisotopic (exact) mass is 540 g/mol. The van der Waals surface area contributed by atoms with Crippen molar-refractivity contribution in [3.63, 3.8) is 0 Å². The van der Waals surface area contributed by atoms with Crippen LogP contribution >= 0.6 is 34.8 Å². The molecule has 2 atom stereocenters. The fourth-order valence-electron chi connectivity index (χ4n) is 2.40. The Morgan fingerprint density at radius 3 is 2.26 bits per heavy atom. The average molecular weight is 542 g/mol. The lowest BCUT2D eigenvalue weighted by atomic mass is 10.0. The maximum atomic E-state index is 12.2. The largest absolute Gasteiger partial charge is 0.508 e. The Morgan fingerprint density at radius 2 is 1.68 bits per heavy atom. The lowest BCUT2D eigenvalue weighted by molar-refractivity contribution is -0.198. The zero-order valence-electron chi connectivity index (χ0n) is 16.8. The van der Waals surface area contributed by atoms with E-state index in [1.54, 1.807) is 30.3 Å². The molecule has 184 valence electrons. The van der Waals surface area contributed by atoms with Gasteiger partial charge in [0.25, 0.3) is 5.91 Å². The molecule has 1 aromatic rings. The molecule has 1 aromatic carbocycles. The number of hydrogen-bond donors (Lipinski definition) is 2. The van der Waals surface area contributed by atoms with Crippen LogP contribution in [-0.2, 0) is 44.7 Å². The Bertz CT molecular complexity index is 968. The first kappa shape index (κ1) is 27.0. The normalized spacial score (nSPS) is 17.1. The Hall–Kier alpha value is -3.29. The number of hydrogen-bond acceptors (Lipinski definition) is 10. The molecule has 3 amide bonds. The summed E-state index contributed by atoms with van der Waals surface area (Å²) >= 11 is 16.1. The van der Waals surface area contributed by atoms with Crippen LogP contribution in [0, 0.1) is 0 Å². The number of alkyl halides is 3.